The summed E-state index contributed by atoms with van der Waals surface area (Å²) in [7, 11) is 0. The van der Waals surface area contributed by atoms with Gasteiger partial charge in [-0.1, -0.05) is 17.2 Å². The maximum atomic E-state index is 12.4. The molecule has 0 radical (unpaired) electrons. The van der Waals surface area contributed by atoms with E-state index in [0.717, 1.165) is 21.6 Å². The van der Waals surface area contributed by atoms with E-state index in [4.69, 9.17) is 4.74 Å². The SMILES string of the molecule is Cc1cc(C)cc(C(=O)O[C@H](C)c2nc3sc(C)c(C)c3c(=O)[nH]2)c1. The van der Waals surface area contributed by atoms with Crippen molar-refractivity contribution in [2.45, 2.75) is 40.7 Å². The lowest BCUT2D eigenvalue weighted by molar-refractivity contribution is 0.0320. The van der Waals surface area contributed by atoms with Gasteiger partial charge in [-0.2, -0.15) is 0 Å². The van der Waals surface area contributed by atoms with Gasteiger partial charge in [0.15, 0.2) is 11.9 Å². The fourth-order valence-corrected chi connectivity index (χ4v) is 3.88. The van der Waals surface area contributed by atoms with Gasteiger partial charge < -0.3 is 9.72 Å². The lowest BCUT2D eigenvalue weighted by Gasteiger charge is -2.13. The van der Waals surface area contributed by atoms with Gasteiger partial charge in [0.2, 0.25) is 0 Å². The number of nitrogens with one attached hydrogen (secondary N) is 1. The molecule has 0 aliphatic heterocycles. The number of aryl methyl sites for hydroxylation is 4. The molecule has 6 heteroatoms. The normalized spacial score (nSPS) is 12.4. The Bertz CT molecular complexity index is 1010. The van der Waals surface area contributed by atoms with Crippen LogP contribution in [0.15, 0.2) is 23.0 Å². The molecule has 0 aliphatic carbocycles. The summed E-state index contributed by atoms with van der Waals surface area (Å²) in [5, 5.41) is 0.610. The van der Waals surface area contributed by atoms with Crippen molar-refractivity contribution >= 4 is 27.5 Å². The second-order valence-electron chi connectivity index (χ2n) is 6.34. The van der Waals surface area contributed by atoms with Crippen LogP contribution in [0.25, 0.3) is 10.2 Å². The van der Waals surface area contributed by atoms with Crippen LogP contribution in [-0.2, 0) is 4.74 Å². The van der Waals surface area contributed by atoms with Crippen molar-refractivity contribution < 1.29 is 9.53 Å². The van der Waals surface area contributed by atoms with Gasteiger partial charge in [0.1, 0.15) is 4.83 Å². The first-order valence-electron chi connectivity index (χ1n) is 8.05. The van der Waals surface area contributed by atoms with E-state index in [1.807, 2.05) is 33.8 Å². The standard InChI is InChI=1S/C19H20N2O3S/c1-9-6-10(2)8-14(7-9)19(23)24-12(4)16-20-17(22)15-11(3)13(5)25-18(15)21-16/h6-8,12H,1-5H3,(H,20,21,22)/t12-/m1/s1. The first-order chi connectivity index (χ1) is 11.8. The molecule has 2 aromatic heterocycles. The highest BCUT2D eigenvalue weighted by atomic mass is 32.1. The molecule has 25 heavy (non-hydrogen) atoms. The monoisotopic (exact) mass is 356 g/mol. The van der Waals surface area contributed by atoms with Crippen molar-refractivity contribution in [1.29, 1.82) is 0 Å². The molecule has 2 heterocycles. The fraction of sp³-hybridized carbons (Fsp3) is 0.316. The van der Waals surface area contributed by atoms with Crippen LogP contribution >= 0.6 is 11.3 Å². The number of hydrogen-bond acceptors (Lipinski definition) is 5. The van der Waals surface area contributed by atoms with Gasteiger partial charge in [-0.15, -0.1) is 11.3 Å². The Morgan fingerprint density at radius 1 is 1.16 bits per heavy atom. The molecular weight excluding hydrogens is 336 g/mol. The van der Waals surface area contributed by atoms with Crippen LogP contribution in [0.4, 0.5) is 0 Å². The summed E-state index contributed by atoms with van der Waals surface area (Å²) >= 11 is 1.47. The van der Waals surface area contributed by atoms with Crippen LogP contribution in [0.3, 0.4) is 0 Å². The van der Waals surface area contributed by atoms with Gasteiger partial charge in [0.25, 0.3) is 5.56 Å². The number of aromatic amines is 1. The van der Waals surface area contributed by atoms with Gasteiger partial charge in [-0.25, -0.2) is 9.78 Å². The van der Waals surface area contributed by atoms with Crippen LogP contribution in [0, 0.1) is 27.7 Å². The molecule has 0 aliphatic rings. The quantitative estimate of drug-likeness (QED) is 0.716. The van der Waals surface area contributed by atoms with Crippen molar-refractivity contribution in [1.82, 2.24) is 9.97 Å². The van der Waals surface area contributed by atoms with E-state index >= 15 is 0 Å². The average Bonchev–Trinajstić information content (AvgIpc) is 2.81. The molecular formula is C19H20N2O3S. The van der Waals surface area contributed by atoms with Crippen LogP contribution in [0.5, 0.6) is 0 Å². The second kappa shape index (κ2) is 6.44. The van der Waals surface area contributed by atoms with Crippen molar-refractivity contribution in [2.24, 2.45) is 0 Å². The van der Waals surface area contributed by atoms with E-state index in [1.54, 1.807) is 19.1 Å². The number of esters is 1. The second-order valence-corrected chi connectivity index (χ2v) is 7.54. The third-order valence-electron chi connectivity index (χ3n) is 4.18. The zero-order chi connectivity index (χ0) is 18.3. The summed E-state index contributed by atoms with van der Waals surface area (Å²) in [5.41, 5.74) is 3.24. The summed E-state index contributed by atoms with van der Waals surface area (Å²) in [6, 6.07) is 5.56. The molecule has 1 N–H and O–H groups in total. The van der Waals surface area contributed by atoms with Crippen LogP contribution < -0.4 is 5.56 Å². The minimum absolute atomic E-state index is 0.198. The van der Waals surface area contributed by atoms with Gasteiger partial charge in [0, 0.05) is 4.88 Å². The number of thiophene rings is 1. The molecule has 1 aromatic carbocycles. The van der Waals surface area contributed by atoms with Crippen molar-refractivity contribution in [2.75, 3.05) is 0 Å². The Labute approximate surface area is 149 Å². The largest absolute Gasteiger partial charge is 0.451 e. The van der Waals surface area contributed by atoms with Crippen molar-refractivity contribution in [3.63, 3.8) is 0 Å². The van der Waals surface area contributed by atoms with Crippen LogP contribution in [0.2, 0.25) is 0 Å². The molecule has 5 nitrogen and oxygen atoms in total. The summed E-state index contributed by atoms with van der Waals surface area (Å²) in [5.74, 6) is -0.0722. The predicted octanol–water partition coefficient (Wildman–Crippen LogP) is 4.14. The number of ether oxygens (including phenoxy) is 1. The number of hydrogen-bond donors (Lipinski definition) is 1. The number of aromatic nitrogens is 2. The number of fused-ring (bicyclic) bond motifs is 1. The van der Waals surface area contributed by atoms with Gasteiger partial charge in [0.05, 0.1) is 10.9 Å². The number of H-pyrrole nitrogens is 1. The highest BCUT2D eigenvalue weighted by Crippen LogP contribution is 2.27. The smallest absolute Gasteiger partial charge is 0.338 e. The van der Waals surface area contributed by atoms with E-state index < -0.39 is 12.1 Å². The maximum Gasteiger partial charge on any atom is 0.338 e. The number of rotatable bonds is 3. The van der Waals surface area contributed by atoms with E-state index in [1.165, 1.54) is 11.3 Å². The summed E-state index contributed by atoms with van der Waals surface area (Å²) in [6.45, 7) is 9.44. The molecule has 3 aromatic rings. The van der Waals surface area contributed by atoms with E-state index in [9.17, 15) is 9.59 Å². The summed E-state index contributed by atoms with van der Waals surface area (Å²) < 4.78 is 5.51. The maximum absolute atomic E-state index is 12.4. The first kappa shape index (κ1) is 17.4. The topological polar surface area (TPSA) is 72.0 Å². The molecule has 130 valence electrons. The Kier molecular flexibility index (Phi) is 4.47. The lowest BCUT2D eigenvalue weighted by atomic mass is 10.1. The van der Waals surface area contributed by atoms with Crippen LogP contribution in [0.1, 0.15) is 50.8 Å². The number of benzene rings is 1. The van der Waals surface area contributed by atoms with Gasteiger partial charge in [-0.05, 0) is 52.3 Å². The van der Waals surface area contributed by atoms with Crippen molar-refractivity contribution in [3.8, 4) is 0 Å². The van der Waals surface area contributed by atoms with Gasteiger partial charge >= 0.3 is 5.97 Å². The molecule has 3 rings (SSSR count). The minimum atomic E-state index is -0.645. The minimum Gasteiger partial charge on any atom is -0.451 e. The van der Waals surface area contributed by atoms with E-state index in [-0.39, 0.29) is 5.56 Å². The number of nitrogens with zero attached hydrogens (tertiary/aromatic N) is 1. The fourth-order valence-electron chi connectivity index (χ4n) is 2.84. The molecule has 0 bridgehead atoms. The molecule has 0 fully saturated rings. The zero-order valence-corrected chi connectivity index (χ0v) is 15.7. The third kappa shape index (κ3) is 3.35. The lowest BCUT2D eigenvalue weighted by Crippen LogP contribution is -2.17. The van der Waals surface area contributed by atoms with E-state index in [2.05, 4.69) is 9.97 Å². The van der Waals surface area contributed by atoms with Gasteiger partial charge in [-0.3, -0.25) is 4.79 Å². The summed E-state index contributed by atoms with van der Waals surface area (Å²) in [4.78, 5) is 33.7. The Morgan fingerprint density at radius 2 is 1.80 bits per heavy atom. The molecule has 0 unspecified atom stereocenters. The average molecular weight is 356 g/mol. The Morgan fingerprint density at radius 3 is 2.44 bits per heavy atom. The zero-order valence-electron chi connectivity index (χ0n) is 14.9. The molecule has 0 amide bonds. The molecule has 1 atom stereocenters. The summed E-state index contributed by atoms with van der Waals surface area (Å²) in [6.07, 6.45) is -0.645. The Balaban J connectivity index is 1.90. The number of carbonyl (C=O) groups excluding carboxylic acids is 1. The highest BCUT2D eigenvalue weighted by Gasteiger charge is 2.19. The highest BCUT2D eigenvalue weighted by molar-refractivity contribution is 7.18. The Hall–Kier alpha value is -2.47. The molecule has 0 saturated heterocycles. The van der Waals surface area contributed by atoms with E-state index in [0.29, 0.717) is 21.6 Å². The molecule has 0 spiro atoms. The number of carbonyl (C=O) groups is 1. The first-order valence-corrected chi connectivity index (χ1v) is 8.87. The predicted molar refractivity (Wildman–Crippen MR) is 99.5 cm³/mol. The molecule has 0 saturated carbocycles. The van der Waals surface area contributed by atoms with Crippen molar-refractivity contribution in [3.05, 3.63) is 61.5 Å². The van der Waals surface area contributed by atoms with Crippen LogP contribution in [-0.4, -0.2) is 15.9 Å². The third-order valence-corrected chi connectivity index (χ3v) is 5.28.